The Balaban J connectivity index is 1.65. The first-order valence-electron chi connectivity index (χ1n) is 10.6. The molecule has 2 aliphatic heterocycles. The summed E-state index contributed by atoms with van der Waals surface area (Å²) in [6, 6.07) is 5.94. The largest absolute Gasteiger partial charge is 0.454 e. The number of carbonyl (C=O) groups excluding carboxylic acids is 2. The summed E-state index contributed by atoms with van der Waals surface area (Å²) in [5.41, 5.74) is 6.74. The van der Waals surface area contributed by atoms with E-state index in [1.54, 1.807) is 0 Å². The molecular formula is C22H33N3O4. The Labute approximate surface area is 173 Å². The quantitative estimate of drug-likeness (QED) is 0.721. The monoisotopic (exact) mass is 403 g/mol. The molecule has 1 fully saturated rings. The number of amides is 2. The summed E-state index contributed by atoms with van der Waals surface area (Å²) in [7, 11) is 0. The highest BCUT2D eigenvalue weighted by molar-refractivity contribution is 5.87. The van der Waals surface area contributed by atoms with Gasteiger partial charge in [0.2, 0.25) is 18.6 Å². The number of anilines is 1. The van der Waals surface area contributed by atoms with Crippen LogP contribution in [0.4, 0.5) is 5.69 Å². The van der Waals surface area contributed by atoms with E-state index in [0.717, 1.165) is 36.7 Å². The van der Waals surface area contributed by atoms with Gasteiger partial charge in [0.25, 0.3) is 0 Å². The lowest BCUT2D eigenvalue weighted by atomic mass is 9.81. The van der Waals surface area contributed by atoms with E-state index in [4.69, 9.17) is 15.2 Å². The molecule has 0 saturated carbocycles. The number of hydrogen-bond donors (Lipinski definition) is 1. The molecule has 7 heteroatoms. The number of primary amides is 1. The van der Waals surface area contributed by atoms with E-state index in [9.17, 15) is 9.59 Å². The molecule has 1 aromatic carbocycles. The SMILES string of the molecule is CCCC(C(N)=O)C(CC(C)C)C(=O)N1CCN(c2ccc3c(c2)OCO3)CC1. The average Bonchev–Trinajstić information content (AvgIpc) is 3.17. The lowest BCUT2D eigenvalue weighted by Gasteiger charge is -2.39. The highest BCUT2D eigenvalue weighted by Gasteiger charge is 2.36. The number of rotatable bonds is 8. The lowest BCUT2D eigenvalue weighted by Crippen LogP contribution is -2.52. The molecule has 0 spiro atoms. The van der Waals surface area contributed by atoms with Crippen molar-refractivity contribution in [1.82, 2.24) is 4.90 Å². The van der Waals surface area contributed by atoms with Gasteiger partial charge in [0.15, 0.2) is 11.5 Å². The molecule has 2 amide bonds. The van der Waals surface area contributed by atoms with Crippen LogP contribution < -0.4 is 20.1 Å². The Morgan fingerprint density at radius 2 is 1.76 bits per heavy atom. The fourth-order valence-electron chi connectivity index (χ4n) is 4.30. The van der Waals surface area contributed by atoms with Crippen LogP contribution >= 0.6 is 0 Å². The first kappa shape index (κ1) is 21.3. The van der Waals surface area contributed by atoms with Crippen molar-refractivity contribution in [2.45, 2.75) is 40.0 Å². The third kappa shape index (κ3) is 4.95. The minimum Gasteiger partial charge on any atom is -0.454 e. The summed E-state index contributed by atoms with van der Waals surface area (Å²) in [6.45, 7) is 9.22. The number of hydrogen-bond acceptors (Lipinski definition) is 5. The molecule has 2 N–H and O–H groups in total. The first-order chi connectivity index (χ1) is 13.9. The minimum absolute atomic E-state index is 0.0706. The predicted octanol–water partition coefficient (Wildman–Crippen LogP) is 2.63. The minimum atomic E-state index is -0.387. The molecule has 0 bridgehead atoms. The van der Waals surface area contributed by atoms with Gasteiger partial charge in [0.05, 0.1) is 0 Å². The molecule has 1 saturated heterocycles. The molecule has 2 aliphatic rings. The lowest BCUT2D eigenvalue weighted by molar-refractivity contribution is -0.142. The van der Waals surface area contributed by atoms with E-state index in [0.29, 0.717) is 31.8 Å². The summed E-state index contributed by atoms with van der Waals surface area (Å²) in [5, 5.41) is 0. The van der Waals surface area contributed by atoms with Crippen molar-refractivity contribution in [1.29, 1.82) is 0 Å². The summed E-state index contributed by atoms with van der Waals surface area (Å²) in [6.07, 6.45) is 2.19. The zero-order valence-corrected chi connectivity index (χ0v) is 17.7. The van der Waals surface area contributed by atoms with Gasteiger partial charge in [0, 0.05) is 49.8 Å². The number of carbonyl (C=O) groups is 2. The van der Waals surface area contributed by atoms with Crippen LogP contribution in [0.3, 0.4) is 0 Å². The van der Waals surface area contributed by atoms with Crippen molar-refractivity contribution in [3.8, 4) is 11.5 Å². The second-order valence-corrected chi connectivity index (χ2v) is 8.38. The van der Waals surface area contributed by atoms with E-state index in [1.807, 2.05) is 30.0 Å². The third-order valence-electron chi connectivity index (χ3n) is 5.81. The number of piperazine rings is 1. The van der Waals surface area contributed by atoms with Crippen LogP contribution in [0.1, 0.15) is 40.0 Å². The van der Waals surface area contributed by atoms with Gasteiger partial charge in [0.1, 0.15) is 0 Å². The van der Waals surface area contributed by atoms with Gasteiger partial charge >= 0.3 is 0 Å². The maximum atomic E-state index is 13.3. The summed E-state index contributed by atoms with van der Waals surface area (Å²) in [4.78, 5) is 29.5. The van der Waals surface area contributed by atoms with E-state index < -0.39 is 0 Å². The normalized spacial score (nSPS) is 18.1. The highest BCUT2D eigenvalue weighted by atomic mass is 16.7. The molecule has 0 radical (unpaired) electrons. The zero-order valence-electron chi connectivity index (χ0n) is 17.7. The Hall–Kier alpha value is -2.44. The molecule has 0 aromatic heterocycles. The topological polar surface area (TPSA) is 85.1 Å². The number of nitrogens with zero attached hydrogens (tertiary/aromatic N) is 2. The van der Waals surface area contributed by atoms with Gasteiger partial charge in [-0.25, -0.2) is 0 Å². The van der Waals surface area contributed by atoms with E-state index in [1.165, 1.54) is 0 Å². The fourth-order valence-corrected chi connectivity index (χ4v) is 4.30. The van der Waals surface area contributed by atoms with Gasteiger partial charge in [-0.05, 0) is 30.9 Å². The van der Waals surface area contributed by atoms with Crippen LogP contribution in [0.5, 0.6) is 11.5 Å². The second-order valence-electron chi connectivity index (χ2n) is 8.38. The van der Waals surface area contributed by atoms with Gasteiger partial charge in [-0.3, -0.25) is 9.59 Å². The summed E-state index contributed by atoms with van der Waals surface area (Å²) >= 11 is 0. The maximum Gasteiger partial charge on any atom is 0.231 e. The maximum absolute atomic E-state index is 13.3. The third-order valence-corrected chi connectivity index (χ3v) is 5.81. The Morgan fingerprint density at radius 3 is 2.38 bits per heavy atom. The van der Waals surface area contributed by atoms with Crippen molar-refractivity contribution in [2.24, 2.45) is 23.5 Å². The number of benzene rings is 1. The fraction of sp³-hybridized carbons (Fsp3) is 0.636. The smallest absolute Gasteiger partial charge is 0.231 e. The number of nitrogens with two attached hydrogens (primary N) is 1. The Morgan fingerprint density at radius 1 is 1.07 bits per heavy atom. The van der Waals surface area contributed by atoms with Crippen molar-refractivity contribution >= 4 is 17.5 Å². The van der Waals surface area contributed by atoms with Crippen LogP contribution in [0, 0.1) is 17.8 Å². The molecule has 7 nitrogen and oxygen atoms in total. The second kappa shape index (κ2) is 9.37. The summed E-state index contributed by atoms with van der Waals surface area (Å²) < 4.78 is 10.8. The molecule has 2 unspecified atom stereocenters. The predicted molar refractivity (Wildman–Crippen MR) is 112 cm³/mol. The van der Waals surface area contributed by atoms with Crippen LogP contribution in [0.2, 0.25) is 0 Å². The molecule has 3 rings (SSSR count). The number of fused-ring (bicyclic) bond motifs is 1. The Kier molecular flexibility index (Phi) is 6.87. The summed E-state index contributed by atoms with van der Waals surface area (Å²) in [5.74, 6) is 0.865. The van der Waals surface area contributed by atoms with Gasteiger partial charge < -0.3 is 25.0 Å². The number of ether oxygens (including phenoxy) is 2. The van der Waals surface area contributed by atoms with E-state index in [2.05, 4.69) is 18.7 Å². The molecule has 160 valence electrons. The van der Waals surface area contributed by atoms with Crippen molar-refractivity contribution < 1.29 is 19.1 Å². The van der Waals surface area contributed by atoms with Gasteiger partial charge in [-0.1, -0.05) is 27.2 Å². The highest BCUT2D eigenvalue weighted by Crippen LogP contribution is 2.36. The molecule has 29 heavy (non-hydrogen) atoms. The van der Waals surface area contributed by atoms with E-state index >= 15 is 0 Å². The molecule has 1 aromatic rings. The van der Waals surface area contributed by atoms with Crippen LogP contribution in [-0.2, 0) is 9.59 Å². The average molecular weight is 404 g/mol. The molecular weight excluding hydrogens is 370 g/mol. The van der Waals surface area contributed by atoms with Crippen molar-refractivity contribution in [3.63, 3.8) is 0 Å². The molecule has 2 heterocycles. The van der Waals surface area contributed by atoms with Gasteiger partial charge in [-0.2, -0.15) is 0 Å². The van der Waals surface area contributed by atoms with E-state index in [-0.39, 0.29) is 30.4 Å². The van der Waals surface area contributed by atoms with Crippen LogP contribution in [0.25, 0.3) is 0 Å². The first-order valence-corrected chi connectivity index (χ1v) is 10.6. The van der Waals surface area contributed by atoms with Gasteiger partial charge in [-0.15, -0.1) is 0 Å². The zero-order chi connectivity index (χ0) is 21.0. The Bertz CT molecular complexity index is 729. The van der Waals surface area contributed by atoms with Crippen LogP contribution in [0.15, 0.2) is 18.2 Å². The van der Waals surface area contributed by atoms with Crippen molar-refractivity contribution in [3.05, 3.63) is 18.2 Å². The van der Waals surface area contributed by atoms with Crippen LogP contribution in [-0.4, -0.2) is 49.7 Å². The standard InChI is InChI=1S/C22H33N3O4/c1-4-5-17(21(23)26)18(12-15(2)3)22(27)25-10-8-24(9-11-25)16-6-7-19-20(13-16)29-14-28-19/h6-7,13,15,17-18H,4-5,8-12,14H2,1-3H3,(H2,23,26). The molecule has 2 atom stereocenters. The van der Waals surface area contributed by atoms with Crippen molar-refractivity contribution in [2.75, 3.05) is 37.9 Å². The molecule has 0 aliphatic carbocycles.